The molecule has 0 bridgehead atoms. The molecule has 0 atom stereocenters. The van der Waals surface area contributed by atoms with Gasteiger partial charge in [-0.25, -0.2) is 12.7 Å². The van der Waals surface area contributed by atoms with Gasteiger partial charge in [0.25, 0.3) is 0 Å². The third kappa shape index (κ3) is 6.01. The van der Waals surface area contributed by atoms with Crippen molar-refractivity contribution in [1.82, 2.24) is 9.21 Å². The van der Waals surface area contributed by atoms with Crippen LogP contribution >= 0.6 is 0 Å². The van der Waals surface area contributed by atoms with E-state index >= 15 is 0 Å². The molecule has 0 heterocycles. The highest BCUT2D eigenvalue weighted by Gasteiger charge is 2.10. The van der Waals surface area contributed by atoms with Gasteiger partial charge in [-0.2, -0.15) is 0 Å². The largest absolute Gasteiger partial charge is 0.305 e. The Morgan fingerprint density at radius 3 is 2.00 bits per heavy atom. The summed E-state index contributed by atoms with van der Waals surface area (Å²) in [7, 11) is 0.599. The lowest BCUT2D eigenvalue weighted by Crippen LogP contribution is -2.34. The quantitative estimate of drug-likeness (QED) is 0.627. The van der Waals surface area contributed by atoms with Crippen LogP contribution < -0.4 is 0 Å². The van der Waals surface area contributed by atoms with Crippen LogP contribution in [-0.2, 0) is 10.0 Å². The van der Waals surface area contributed by atoms with Crippen molar-refractivity contribution < 1.29 is 8.42 Å². The van der Waals surface area contributed by atoms with Crippen LogP contribution in [0.4, 0.5) is 0 Å². The Bertz CT molecular complexity index is 226. The number of likely N-dealkylation sites (N-methyl/N-ethyl adjacent to an activating group) is 2. The third-order valence-electron chi connectivity index (χ3n) is 1.97. The van der Waals surface area contributed by atoms with Gasteiger partial charge in [-0.3, -0.25) is 0 Å². The Hall–Kier alpha value is -0.130. The summed E-state index contributed by atoms with van der Waals surface area (Å²) in [5.74, 6) is 0. The smallest absolute Gasteiger partial charge is 0.210 e. The minimum absolute atomic E-state index is 0.565. The van der Waals surface area contributed by atoms with Crippen molar-refractivity contribution in [3.63, 3.8) is 0 Å². The van der Waals surface area contributed by atoms with Crippen LogP contribution in [0.3, 0.4) is 0 Å². The molecule has 0 unspecified atom stereocenters. The molecule has 0 fully saturated rings. The first kappa shape index (κ1) is 12.9. The van der Waals surface area contributed by atoms with Crippen molar-refractivity contribution in [1.29, 1.82) is 0 Å². The molecule has 0 radical (unpaired) electrons. The number of nitrogens with zero attached hydrogens (tertiary/aromatic N) is 2. The van der Waals surface area contributed by atoms with Crippen LogP contribution in [-0.4, -0.2) is 57.6 Å². The first-order valence-corrected chi connectivity index (χ1v) is 6.32. The fourth-order valence-corrected chi connectivity index (χ4v) is 1.38. The predicted molar refractivity (Wildman–Crippen MR) is 55.3 cm³/mol. The zero-order valence-corrected chi connectivity index (χ0v) is 9.76. The van der Waals surface area contributed by atoms with Gasteiger partial charge in [-0.1, -0.05) is 6.92 Å². The van der Waals surface area contributed by atoms with Gasteiger partial charge in [0.2, 0.25) is 10.0 Å². The van der Waals surface area contributed by atoms with E-state index in [1.54, 1.807) is 7.05 Å². The van der Waals surface area contributed by atoms with Crippen molar-refractivity contribution in [2.24, 2.45) is 0 Å². The standard InChI is InChI=1S/C8H20N2O2S/c1-5-6-9(2)7-8-10(3)13(4,11)12/h5-8H2,1-4H3. The van der Waals surface area contributed by atoms with E-state index in [9.17, 15) is 8.42 Å². The van der Waals surface area contributed by atoms with Gasteiger partial charge in [0.05, 0.1) is 6.26 Å². The average molecular weight is 208 g/mol. The normalized spacial score (nSPS) is 12.8. The van der Waals surface area contributed by atoms with Gasteiger partial charge in [0.15, 0.2) is 0 Å². The minimum Gasteiger partial charge on any atom is -0.305 e. The van der Waals surface area contributed by atoms with E-state index in [4.69, 9.17) is 0 Å². The number of sulfonamides is 1. The highest BCUT2D eigenvalue weighted by atomic mass is 32.2. The van der Waals surface area contributed by atoms with E-state index in [-0.39, 0.29) is 0 Å². The molecule has 0 saturated heterocycles. The zero-order valence-electron chi connectivity index (χ0n) is 8.95. The molecule has 4 nitrogen and oxygen atoms in total. The van der Waals surface area contributed by atoms with Crippen LogP contribution in [0.1, 0.15) is 13.3 Å². The Labute approximate surface area is 81.6 Å². The van der Waals surface area contributed by atoms with Crippen LogP contribution in [0.5, 0.6) is 0 Å². The molecule has 0 aromatic rings. The molecule has 0 aliphatic heterocycles. The lowest BCUT2D eigenvalue weighted by atomic mass is 10.4. The maximum absolute atomic E-state index is 11.0. The Morgan fingerprint density at radius 2 is 1.62 bits per heavy atom. The van der Waals surface area contributed by atoms with Crippen LogP contribution in [0.15, 0.2) is 0 Å². The van der Waals surface area contributed by atoms with E-state index in [1.165, 1.54) is 10.6 Å². The predicted octanol–water partition coefficient (Wildman–Crippen LogP) is 0.220. The molecule has 0 aromatic carbocycles. The van der Waals surface area contributed by atoms with Gasteiger partial charge < -0.3 is 4.90 Å². The third-order valence-corrected chi connectivity index (χ3v) is 3.28. The topological polar surface area (TPSA) is 40.6 Å². The average Bonchev–Trinajstić information content (AvgIpc) is 1.99. The van der Waals surface area contributed by atoms with Crippen molar-refractivity contribution in [3.8, 4) is 0 Å². The van der Waals surface area contributed by atoms with E-state index in [0.29, 0.717) is 6.54 Å². The second kappa shape index (κ2) is 5.57. The van der Waals surface area contributed by atoms with Gasteiger partial charge in [-0.15, -0.1) is 0 Å². The van der Waals surface area contributed by atoms with E-state index in [1.807, 2.05) is 7.05 Å². The molecule has 0 aliphatic rings. The molecule has 0 spiro atoms. The van der Waals surface area contributed by atoms with Crippen LogP contribution in [0.2, 0.25) is 0 Å². The SMILES string of the molecule is CCCN(C)CCN(C)S(C)(=O)=O. The van der Waals surface area contributed by atoms with Crippen LogP contribution in [0.25, 0.3) is 0 Å². The summed E-state index contributed by atoms with van der Waals surface area (Å²) in [6.07, 6.45) is 2.33. The monoisotopic (exact) mass is 208 g/mol. The molecule has 80 valence electrons. The lowest BCUT2D eigenvalue weighted by molar-refractivity contribution is 0.308. The molecular weight excluding hydrogens is 188 g/mol. The minimum atomic E-state index is -3.01. The van der Waals surface area contributed by atoms with Crippen molar-refractivity contribution in [3.05, 3.63) is 0 Å². The van der Waals surface area contributed by atoms with Crippen LogP contribution in [0, 0.1) is 0 Å². The van der Waals surface area contributed by atoms with Gasteiger partial charge in [0, 0.05) is 20.1 Å². The lowest BCUT2D eigenvalue weighted by Gasteiger charge is -2.19. The summed E-state index contributed by atoms with van der Waals surface area (Å²) in [6, 6.07) is 0. The van der Waals surface area contributed by atoms with Gasteiger partial charge >= 0.3 is 0 Å². The maximum atomic E-state index is 11.0. The molecule has 0 aliphatic carbocycles. The highest BCUT2D eigenvalue weighted by Crippen LogP contribution is 1.94. The maximum Gasteiger partial charge on any atom is 0.210 e. The molecule has 0 N–H and O–H groups in total. The van der Waals surface area contributed by atoms with Crippen molar-refractivity contribution in [2.45, 2.75) is 13.3 Å². The van der Waals surface area contributed by atoms with Gasteiger partial charge in [0.1, 0.15) is 0 Å². The fraction of sp³-hybridized carbons (Fsp3) is 1.00. The van der Waals surface area contributed by atoms with Gasteiger partial charge in [-0.05, 0) is 20.0 Å². The summed E-state index contributed by atoms with van der Waals surface area (Å²) in [6.45, 7) is 4.47. The number of hydrogen-bond donors (Lipinski definition) is 0. The number of rotatable bonds is 6. The summed E-state index contributed by atoms with van der Waals surface area (Å²) in [4.78, 5) is 2.13. The summed E-state index contributed by atoms with van der Waals surface area (Å²) >= 11 is 0. The van der Waals surface area contributed by atoms with Crippen molar-refractivity contribution in [2.75, 3.05) is 40.0 Å². The highest BCUT2D eigenvalue weighted by molar-refractivity contribution is 7.88. The van der Waals surface area contributed by atoms with E-state index < -0.39 is 10.0 Å². The number of hydrogen-bond acceptors (Lipinski definition) is 3. The molecule has 0 rings (SSSR count). The van der Waals surface area contributed by atoms with Crippen molar-refractivity contribution >= 4 is 10.0 Å². The molecule has 0 aromatic heterocycles. The second-order valence-electron chi connectivity index (χ2n) is 3.39. The molecule has 0 amide bonds. The summed E-state index contributed by atoms with van der Waals surface area (Å²) < 4.78 is 23.4. The van der Waals surface area contributed by atoms with E-state index in [0.717, 1.165) is 19.5 Å². The summed E-state index contributed by atoms with van der Waals surface area (Å²) in [5.41, 5.74) is 0. The molecule has 0 saturated carbocycles. The zero-order chi connectivity index (χ0) is 10.5. The Balaban J connectivity index is 3.77. The molecule has 13 heavy (non-hydrogen) atoms. The first-order valence-electron chi connectivity index (χ1n) is 4.47. The second-order valence-corrected chi connectivity index (χ2v) is 5.48. The molecular formula is C8H20N2O2S. The first-order chi connectivity index (χ1) is 5.88. The molecule has 5 heteroatoms. The van der Waals surface area contributed by atoms with E-state index in [2.05, 4.69) is 11.8 Å². The fourth-order valence-electron chi connectivity index (χ4n) is 0.971. The summed E-state index contributed by atoms with van der Waals surface area (Å²) in [5, 5.41) is 0. The Kier molecular flexibility index (Phi) is 5.51. The Morgan fingerprint density at radius 1 is 1.08 bits per heavy atom.